The molecule has 0 aliphatic carbocycles. The van der Waals surface area contributed by atoms with Crippen molar-refractivity contribution in [3.63, 3.8) is 0 Å². The molecule has 0 radical (unpaired) electrons. The first-order chi connectivity index (χ1) is 7.69. The fraction of sp³-hybridized carbons (Fsp3) is 0.636. The van der Waals surface area contributed by atoms with Gasteiger partial charge in [0.2, 0.25) is 5.91 Å². The van der Waals surface area contributed by atoms with Gasteiger partial charge in [-0.1, -0.05) is 0 Å². The van der Waals surface area contributed by atoms with Gasteiger partial charge < -0.3 is 14.8 Å². The van der Waals surface area contributed by atoms with Crippen molar-refractivity contribution < 1.29 is 19.1 Å². The van der Waals surface area contributed by atoms with Crippen molar-refractivity contribution in [3.8, 4) is 12.3 Å². The molecule has 88 valence electrons. The van der Waals surface area contributed by atoms with Crippen LogP contribution < -0.4 is 5.32 Å². The summed E-state index contributed by atoms with van der Waals surface area (Å²) in [6.07, 6.45) is 5.92. The molecule has 0 saturated carbocycles. The molecule has 0 spiro atoms. The lowest BCUT2D eigenvalue weighted by Gasteiger charge is -2.16. The van der Waals surface area contributed by atoms with Gasteiger partial charge in [0, 0.05) is 13.0 Å². The highest BCUT2D eigenvalue weighted by molar-refractivity contribution is 5.86. The number of terminal acetylenes is 1. The Morgan fingerprint density at radius 2 is 2.44 bits per heavy atom. The molecule has 1 aliphatic heterocycles. The number of rotatable bonds is 4. The molecule has 0 aromatic heterocycles. The molecule has 1 heterocycles. The molecule has 1 amide bonds. The van der Waals surface area contributed by atoms with E-state index in [1.54, 1.807) is 0 Å². The normalized spacial score (nSPS) is 20.9. The number of carbonyl (C=O) groups is 2. The van der Waals surface area contributed by atoms with Gasteiger partial charge >= 0.3 is 5.97 Å². The van der Waals surface area contributed by atoms with Crippen LogP contribution in [0, 0.1) is 18.3 Å². The molecule has 5 nitrogen and oxygen atoms in total. The van der Waals surface area contributed by atoms with Crippen LogP contribution in [-0.4, -0.2) is 38.2 Å². The van der Waals surface area contributed by atoms with E-state index in [1.165, 1.54) is 7.11 Å². The number of esters is 1. The van der Waals surface area contributed by atoms with Gasteiger partial charge in [-0.05, 0) is 6.42 Å². The molecule has 1 aliphatic rings. The maximum absolute atomic E-state index is 11.7. The molecule has 16 heavy (non-hydrogen) atoms. The minimum Gasteiger partial charge on any atom is -0.467 e. The molecule has 5 heteroatoms. The number of hydrogen-bond acceptors (Lipinski definition) is 4. The van der Waals surface area contributed by atoms with Gasteiger partial charge in [0.15, 0.2) is 0 Å². The van der Waals surface area contributed by atoms with Crippen molar-refractivity contribution in [1.29, 1.82) is 0 Å². The summed E-state index contributed by atoms with van der Waals surface area (Å²) in [4.78, 5) is 23.0. The van der Waals surface area contributed by atoms with Crippen LogP contribution >= 0.6 is 0 Å². The van der Waals surface area contributed by atoms with E-state index >= 15 is 0 Å². The van der Waals surface area contributed by atoms with Crippen LogP contribution in [0.2, 0.25) is 0 Å². The lowest BCUT2D eigenvalue weighted by molar-refractivity contribution is -0.145. The highest BCUT2D eigenvalue weighted by atomic mass is 16.5. The fourth-order valence-corrected chi connectivity index (χ4v) is 1.48. The third-order valence-corrected chi connectivity index (χ3v) is 2.42. The molecular formula is C11H15NO4. The quantitative estimate of drug-likeness (QED) is 0.527. The Kier molecular flexibility index (Phi) is 4.80. The lowest BCUT2D eigenvalue weighted by Crippen LogP contribution is -2.44. The van der Waals surface area contributed by atoms with E-state index in [0.29, 0.717) is 19.6 Å². The van der Waals surface area contributed by atoms with Gasteiger partial charge in [-0.3, -0.25) is 4.79 Å². The number of methoxy groups -OCH3 is 1. The Balaban J connectivity index is 2.50. The molecule has 0 aromatic rings. The van der Waals surface area contributed by atoms with Crippen LogP contribution in [0.4, 0.5) is 0 Å². The minimum atomic E-state index is -0.761. The van der Waals surface area contributed by atoms with Gasteiger partial charge in [-0.2, -0.15) is 0 Å². The van der Waals surface area contributed by atoms with Gasteiger partial charge in [0.1, 0.15) is 6.04 Å². The summed E-state index contributed by atoms with van der Waals surface area (Å²) in [6, 6.07) is -0.761. The highest BCUT2D eigenvalue weighted by Gasteiger charge is 2.28. The van der Waals surface area contributed by atoms with Crippen molar-refractivity contribution in [3.05, 3.63) is 0 Å². The van der Waals surface area contributed by atoms with E-state index in [-0.39, 0.29) is 18.2 Å². The first-order valence-electron chi connectivity index (χ1n) is 5.08. The van der Waals surface area contributed by atoms with Gasteiger partial charge in [-0.25, -0.2) is 4.79 Å². The lowest BCUT2D eigenvalue weighted by atomic mass is 10.1. The topological polar surface area (TPSA) is 64.6 Å². The van der Waals surface area contributed by atoms with E-state index < -0.39 is 12.0 Å². The molecule has 0 aromatic carbocycles. The average Bonchev–Trinajstić information content (AvgIpc) is 2.80. The molecule has 0 unspecified atom stereocenters. The van der Waals surface area contributed by atoms with Crippen LogP contribution in [-0.2, 0) is 19.1 Å². The van der Waals surface area contributed by atoms with Crippen LogP contribution in [0.3, 0.4) is 0 Å². The monoisotopic (exact) mass is 225 g/mol. The molecular weight excluding hydrogens is 210 g/mol. The highest BCUT2D eigenvalue weighted by Crippen LogP contribution is 2.12. The number of hydrogen-bond donors (Lipinski definition) is 1. The first-order valence-corrected chi connectivity index (χ1v) is 5.08. The Labute approximate surface area is 94.5 Å². The predicted octanol–water partition coefficient (Wildman–Crippen LogP) is -0.296. The molecule has 0 bridgehead atoms. The maximum Gasteiger partial charge on any atom is 0.329 e. The second kappa shape index (κ2) is 6.13. The molecule has 1 N–H and O–H groups in total. The van der Waals surface area contributed by atoms with Crippen LogP contribution in [0.25, 0.3) is 0 Å². The number of carbonyl (C=O) groups excluding carboxylic acids is 2. The zero-order valence-corrected chi connectivity index (χ0v) is 9.19. The second-order valence-corrected chi connectivity index (χ2v) is 3.55. The summed E-state index contributed by atoms with van der Waals surface area (Å²) in [5.74, 6) is 1.41. The van der Waals surface area contributed by atoms with E-state index in [1.807, 2.05) is 0 Å². The van der Waals surface area contributed by atoms with Gasteiger partial charge in [0.25, 0.3) is 0 Å². The van der Waals surface area contributed by atoms with Crippen molar-refractivity contribution in [2.45, 2.75) is 18.9 Å². The SMILES string of the molecule is C#CC[C@H](NC(=O)[C@H]1CCOC1)C(=O)OC. The summed E-state index contributed by atoms with van der Waals surface area (Å²) < 4.78 is 9.64. The van der Waals surface area contributed by atoms with E-state index in [0.717, 1.165) is 0 Å². The third kappa shape index (κ3) is 3.24. The Bertz CT molecular complexity index is 302. The summed E-state index contributed by atoms with van der Waals surface area (Å²) in [6.45, 7) is 0.978. The Morgan fingerprint density at radius 1 is 1.69 bits per heavy atom. The van der Waals surface area contributed by atoms with Crippen molar-refractivity contribution >= 4 is 11.9 Å². The molecule has 1 rings (SSSR count). The van der Waals surface area contributed by atoms with Crippen LogP contribution in [0.1, 0.15) is 12.8 Å². The van der Waals surface area contributed by atoms with Crippen LogP contribution in [0.5, 0.6) is 0 Å². The Morgan fingerprint density at radius 3 is 2.94 bits per heavy atom. The first kappa shape index (κ1) is 12.5. The van der Waals surface area contributed by atoms with Gasteiger partial charge in [0.05, 0.1) is 19.6 Å². The maximum atomic E-state index is 11.7. The molecule has 1 fully saturated rings. The van der Waals surface area contributed by atoms with Crippen molar-refractivity contribution in [1.82, 2.24) is 5.32 Å². The number of ether oxygens (including phenoxy) is 2. The van der Waals surface area contributed by atoms with Crippen LogP contribution in [0.15, 0.2) is 0 Å². The molecule has 1 saturated heterocycles. The fourth-order valence-electron chi connectivity index (χ4n) is 1.48. The smallest absolute Gasteiger partial charge is 0.329 e. The van der Waals surface area contributed by atoms with E-state index in [9.17, 15) is 9.59 Å². The zero-order valence-electron chi connectivity index (χ0n) is 9.19. The minimum absolute atomic E-state index is 0.131. The molecule has 2 atom stereocenters. The number of nitrogens with one attached hydrogen (secondary N) is 1. The summed E-state index contributed by atoms with van der Waals surface area (Å²) in [7, 11) is 1.26. The standard InChI is InChI=1S/C11H15NO4/c1-3-4-9(11(14)15-2)12-10(13)8-5-6-16-7-8/h1,8-9H,4-7H2,2H3,(H,12,13)/t8-,9-/m0/s1. The average molecular weight is 225 g/mol. The number of amides is 1. The Hall–Kier alpha value is -1.54. The second-order valence-electron chi connectivity index (χ2n) is 3.55. The summed E-state index contributed by atoms with van der Waals surface area (Å²) in [5.41, 5.74) is 0. The summed E-state index contributed by atoms with van der Waals surface area (Å²) >= 11 is 0. The predicted molar refractivity (Wildman–Crippen MR) is 56.3 cm³/mol. The largest absolute Gasteiger partial charge is 0.467 e. The van der Waals surface area contributed by atoms with Gasteiger partial charge in [-0.15, -0.1) is 12.3 Å². The van der Waals surface area contributed by atoms with Crippen molar-refractivity contribution in [2.24, 2.45) is 5.92 Å². The van der Waals surface area contributed by atoms with E-state index in [4.69, 9.17) is 11.2 Å². The third-order valence-electron chi connectivity index (χ3n) is 2.42. The van der Waals surface area contributed by atoms with Crippen molar-refractivity contribution in [2.75, 3.05) is 20.3 Å². The summed E-state index contributed by atoms with van der Waals surface area (Å²) in [5, 5.41) is 2.57. The zero-order chi connectivity index (χ0) is 12.0. The van der Waals surface area contributed by atoms with E-state index in [2.05, 4.69) is 16.0 Å².